The molecule has 1 aromatic heterocycles. The van der Waals surface area contributed by atoms with E-state index in [1.54, 1.807) is 50.5 Å². The van der Waals surface area contributed by atoms with Gasteiger partial charge in [0.1, 0.15) is 11.6 Å². The highest BCUT2D eigenvalue weighted by Gasteiger charge is 2.45. The van der Waals surface area contributed by atoms with Crippen molar-refractivity contribution in [1.82, 2.24) is 14.9 Å². The van der Waals surface area contributed by atoms with E-state index in [4.69, 9.17) is 14.2 Å². The number of nitrogens with one attached hydrogen (secondary N) is 1. The van der Waals surface area contributed by atoms with Crippen LogP contribution in [0.5, 0.6) is 5.88 Å². The van der Waals surface area contributed by atoms with Crippen molar-refractivity contribution in [2.24, 2.45) is 0 Å². The number of aryl methyl sites for hydroxylation is 2. The number of hydrogen-bond donors (Lipinski definition) is 1. The van der Waals surface area contributed by atoms with Gasteiger partial charge >= 0.3 is 12.1 Å². The number of esters is 1. The fourth-order valence-corrected chi connectivity index (χ4v) is 6.77. The Morgan fingerprint density at radius 1 is 0.860 bits per heavy atom. The van der Waals surface area contributed by atoms with Gasteiger partial charge in [-0.3, -0.25) is 24.6 Å². The summed E-state index contributed by atoms with van der Waals surface area (Å²) < 4.78 is 16.7. The first-order chi connectivity index (χ1) is 27.4. The van der Waals surface area contributed by atoms with Gasteiger partial charge in [0, 0.05) is 17.4 Å². The Morgan fingerprint density at radius 2 is 1.53 bits per heavy atom. The summed E-state index contributed by atoms with van der Waals surface area (Å²) in [6, 6.07) is 33.0. The van der Waals surface area contributed by atoms with Crippen LogP contribution in [0.25, 0.3) is 0 Å². The number of benzene rings is 4. The van der Waals surface area contributed by atoms with E-state index in [0.29, 0.717) is 52.5 Å². The molecule has 2 heterocycles. The summed E-state index contributed by atoms with van der Waals surface area (Å²) in [5, 5.41) is 2.55. The summed E-state index contributed by atoms with van der Waals surface area (Å²) in [5.41, 5.74) is 3.42. The van der Waals surface area contributed by atoms with Crippen LogP contribution >= 0.6 is 0 Å². The van der Waals surface area contributed by atoms with Crippen molar-refractivity contribution in [3.63, 3.8) is 0 Å². The maximum Gasteiger partial charge on any atom is 0.414 e. The van der Waals surface area contributed by atoms with Crippen molar-refractivity contribution >= 4 is 41.2 Å². The summed E-state index contributed by atoms with van der Waals surface area (Å²) >= 11 is 0. The molecule has 12 heteroatoms. The predicted molar refractivity (Wildman–Crippen MR) is 216 cm³/mol. The molecule has 3 amide bonds. The number of carbonyl (C=O) groups excluding carboxylic acids is 4. The molecule has 0 saturated heterocycles. The molecule has 294 valence electrons. The lowest BCUT2D eigenvalue weighted by Gasteiger charge is -2.37. The molecule has 0 bridgehead atoms. The number of hydrogen-bond acceptors (Lipinski definition) is 9. The summed E-state index contributed by atoms with van der Waals surface area (Å²) in [7, 11) is 0. The third kappa shape index (κ3) is 10.0. The van der Waals surface area contributed by atoms with Crippen LogP contribution in [0.15, 0.2) is 115 Å². The molecular formula is C45H47N5O7. The number of rotatable bonds is 13. The number of nitrogens with zero attached hydrogens (tertiary/aromatic N) is 4. The van der Waals surface area contributed by atoms with E-state index in [-0.39, 0.29) is 31.5 Å². The fraction of sp³-hybridized carbons (Fsp3) is 0.289. The van der Waals surface area contributed by atoms with Gasteiger partial charge in [0.2, 0.25) is 11.8 Å². The highest BCUT2D eigenvalue weighted by atomic mass is 16.6. The molecule has 2 unspecified atom stereocenters. The molecule has 57 heavy (non-hydrogen) atoms. The van der Waals surface area contributed by atoms with Gasteiger partial charge in [-0.05, 0) is 88.4 Å². The maximum absolute atomic E-state index is 15.3. The number of anilines is 3. The van der Waals surface area contributed by atoms with Gasteiger partial charge in [0.15, 0.2) is 0 Å². The Labute approximate surface area is 332 Å². The lowest BCUT2D eigenvalue weighted by atomic mass is 9.95. The Bertz CT molecular complexity index is 2190. The molecule has 0 aliphatic carbocycles. The van der Waals surface area contributed by atoms with Gasteiger partial charge in [0.05, 0.1) is 36.9 Å². The van der Waals surface area contributed by atoms with Gasteiger partial charge in [-0.25, -0.2) is 9.78 Å². The summed E-state index contributed by atoms with van der Waals surface area (Å²) in [5.74, 6) is -0.868. The minimum Gasteiger partial charge on any atom is -0.478 e. The molecule has 0 fully saturated rings. The third-order valence-corrected chi connectivity index (χ3v) is 9.12. The molecule has 4 aromatic carbocycles. The van der Waals surface area contributed by atoms with Crippen molar-refractivity contribution in [2.75, 3.05) is 23.4 Å². The van der Waals surface area contributed by atoms with Crippen molar-refractivity contribution in [3.8, 4) is 5.88 Å². The van der Waals surface area contributed by atoms with Crippen LogP contribution in [0.4, 0.5) is 22.1 Å². The summed E-state index contributed by atoms with van der Waals surface area (Å²) in [6.07, 6.45) is 0.252. The van der Waals surface area contributed by atoms with Gasteiger partial charge in [-0.15, -0.1) is 0 Å². The number of carbonyl (C=O) groups is 4. The minimum absolute atomic E-state index is 0.0659. The first-order valence-electron chi connectivity index (χ1n) is 19.0. The van der Waals surface area contributed by atoms with E-state index in [1.165, 1.54) is 0 Å². The van der Waals surface area contributed by atoms with E-state index in [1.807, 2.05) is 109 Å². The molecule has 0 radical (unpaired) electrons. The third-order valence-electron chi connectivity index (χ3n) is 9.12. The number of amides is 3. The van der Waals surface area contributed by atoms with Crippen LogP contribution < -0.4 is 15.0 Å². The zero-order chi connectivity index (χ0) is 40.5. The Balaban J connectivity index is 1.34. The Morgan fingerprint density at radius 3 is 2.19 bits per heavy atom. The molecule has 1 aliphatic heterocycles. The lowest BCUT2D eigenvalue weighted by molar-refractivity contribution is -0.145. The SMILES string of the molecule is CCOC(=O)CC(c1ccccc1)N1C(=O)c2cc(CCCOc3cc(C)nc(NC(=O)OC(C)(C)C)n3)ccc2N(c2ccccc2)C(=O)C1c1ccccc1. The number of fused-ring (bicyclic) bond motifs is 1. The van der Waals surface area contributed by atoms with Gasteiger partial charge < -0.3 is 19.1 Å². The summed E-state index contributed by atoms with van der Waals surface area (Å²) in [4.78, 5) is 67.8. The number of aromatic nitrogens is 2. The molecule has 1 aliphatic rings. The van der Waals surface area contributed by atoms with Crippen LogP contribution in [0.3, 0.4) is 0 Å². The van der Waals surface area contributed by atoms with Gasteiger partial charge in [-0.2, -0.15) is 4.98 Å². The van der Waals surface area contributed by atoms with Crippen molar-refractivity contribution in [1.29, 1.82) is 0 Å². The summed E-state index contributed by atoms with van der Waals surface area (Å²) in [6.45, 7) is 9.26. The van der Waals surface area contributed by atoms with Gasteiger partial charge in [0.25, 0.3) is 11.8 Å². The molecular weight excluding hydrogens is 723 g/mol. The Kier molecular flexibility index (Phi) is 12.6. The van der Waals surface area contributed by atoms with Crippen LogP contribution in [-0.4, -0.2) is 57.6 Å². The highest BCUT2D eigenvalue weighted by molar-refractivity contribution is 6.14. The topological polar surface area (TPSA) is 140 Å². The van der Waals surface area contributed by atoms with Gasteiger partial charge in [-0.1, -0.05) is 84.9 Å². The van der Waals surface area contributed by atoms with Crippen LogP contribution in [-0.2, 0) is 25.5 Å². The smallest absolute Gasteiger partial charge is 0.414 e. The number of ether oxygens (including phenoxy) is 3. The quantitative estimate of drug-likeness (QED) is 0.0920. The Hall–Kier alpha value is -6.56. The van der Waals surface area contributed by atoms with Crippen molar-refractivity contribution < 1.29 is 33.4 Å². The second-order valence-electron chi connectivity index (χ2n) is 14.6. The molecule has 0 saturated carbocycles. The van der Waals surface area contributed by atoms with E-state index in [0.717, 1.165) is 5.56 Å². The largest absolute Gasteiger partial charge is 0.478 e. The molecule has 1 N–H and O–H groups in total. The van der Waals surface area contributed by atoms with Crippen LogP contribution in [0.1, 0.15) is 85.4 Å². The first-order valence-corrected chi connectivity index (χ1v) is 19.0. The average molecular weight is 770 g/mol. The predicted octanol–water partition coefficient (Wildman–Crippen LogP) is 8.70. The van der Waals surface area contributed by atoms with Crippen LogP contribution in [0.2, 0.25) is 0 Å². The second kappa shape index (κ2) is 17.9. The zero-order valence-electron chi connectivity index (χ0n) is 32.8. The van der Waals surface area contributed by atoms with Crippen LogP contribution in [0, 0.1) is 6.92 Å². The molecule has 6 rings (SSSR count). The van der Waals surface area contributed by atoms with E-state index in [9.17, 15) is 9.59 Å². The molecule has 5 aromatic rings. The molecule has 0 spiro atoms. The van der Waals surface area contributed by atoms with E-state index >= 15 is 9.59 Å². The van der Waals surface area contributed by atoms with Crippen molar-refractivity contribution in [3.05, 3.63) is 143 Å². The molecule has 2 atom stereocenters. The van der Waals surface area contributed by atoms with E-state index < -0.39 is 35.7 Å². The lowest BCUT2D eigenvalue weighted by Crippen LogP contribution is -2.43. The zero-order valence-corrected chi connectivity index (χ0v) is 32.8. The minimum atomic E-state index is -1.09. The number of para-hydroxylation sites is 1. The standard InChI is InChI=1S/C45H47N5O7/c1-6-55-39(51)29-37(32-18-10-7-11-19-32)50-40(33-20-12-8-13-21-33)42(53)49(34-22-14-9-15-23-34)36-25-24-31(28-35(36)41(50)52)17-16-26-56-38-27-30(2)46-43(47-38)48-44(54)57-45(3,4)5/h7-15,18-25,27-28,37,40H,6,16-17,26,29H2,1-5H3,(H,46,47,48,54). The molecule has 12 nitrogen and oxygen atoms in total. The maximum atomic E-state index is 15.3. The second-order valence-corrected chi connectivity index (χ2v) is 14.6. The monoisotopic (exact) mass is 769 g/mol. The average Bonchev–Trinajstić information content (AvgIpc) is 3.27. The highest BCUT2D eigenvalue weighted by Crippen LogP contribution is 2.44. The van der Waals surface area contributed by atoms with Crippen molar-refractivity contribution in [2.45, 2.75) is 71.6 Å². The fourth-order valence-electron chi connectivity index (χ4n) is 6.77. The normalized spacial score (nSPS) is 14.6. The van der Waals surface area contributed by atoms with E-state index in [2.05, 4.69) is 15.3 Å². The first kappa shape index (κ1) is 40.1.